The first-order valence-electron chi connectivity index (χ1n) is 10.5. The Morgan fingerprint density at radius 3 is 2.61 bits per heavy atom. The zero-order valence-electron chi connectivity index (χ0n) is 17.6. The van der Waals surface area contributed by atoms with Gasteiger partial charge in [-0.15, -0.1) is 0 Å². The number of hydrogen-bond acceptors (Lipinski definition) is 3. The summed E-state index contributed by atoms with van der Waals surface area (Å²) in [4.78, 5) is 16.9. The zero-order valence-corrected chi connectivity index (χ0v) is 18.3. The van der Waals surface area contributed by atoms with Crippen LogP contribution in [0.2, 0.25) is 5.02 Å². The van der Waals surface area contributed by atoms with Crippen LogP contribution in [0.1, 0.15) is 11.3 Å². The van der Waals surface area contributed by atoms with Gasteiger partial charge in [0.25, 0.3) is 0 Å². The molecule has 1 amide bonds. The summed E-state index contributed by atoms with van der Waals surface area (Å²) >= 11 is 6.08. The number of fused-ring (bicyclic) bond motifs is 3. The Morgan fingerprint density at radius 2 is 1.79 bits per heavy atom. The van der Waals surface area contributed by atoms with Crippen LogP contribution in [0.3, 0.4) is 0 Å². The predicted octanol–water partition coefficient (Wildman–Crippen LogP) is 5.87. The lowest BCUT2D eigenvalue weighted by molar-refractivity contribution is -0.116. The molecular weight excluding hydrogens is 434 g/mol. The van der Waals surface area contributed by atoms with Crippen LogP contribution in [0.25, 0.3) is 33.6 Å². The Bertz CT molecular complexity index is 1500. The van der Waals surface area contributed by atoms with E-state index in [1.165, 1.54) is 6.08 Å². The Morgan fingerprint density at radius 1 is 0.970 bits per heavy atom. The first kappa shape index (κ1) is 20.8. The molecule has 2 aromatic heterocycles. The molecule has 0 spiro atoms. The van der Waals surface area contributed by atoms with E-state index in [4.69, 9.17) is 11.6 Å². The molecule has 2 heterocycles. The molecule has 0 unspecified atom stereocenters. The van der Waals surface area contributed by atoms with E-state index >= 15 is 0 Å². The van der Waals surface area contributed by atoms with Crippen LogP contribution in [0.15, 0.2) is 91.1 Å². The lowest BCUT2D eigenvalue weighted by Crippen LogP contribution is -2.20. The van der Waals surface area contributed by atoms with E-state index in [0.29, 0.717) is 11.6 Å². The van der Waals surface area contributed by atoms with Gasteiger partial charge in [-0.2, -0.15) is 0 Å². The summed E-state index contributed by atoms with van der Waals surface area (Å²) in [6.45, 7) is 0.305. The average Bonchev–Trinajstić information content (AvgIpc) is 3.16. The van der Waals surface area contributed by atoms with E-state index in [-0.39, 0.29) is 11.7 Å². The number of benzene rings is 3. The van der Waals surface area contributed by atoms with Gasteiger partial charge in [-0.1, -0.05) is 41.9 Å². The van der Waals surface area contributed by atoms with Crippen LogP contribution in [0.5, 0.6) is 5.75 Å². The summed E-state index contributed by atoms with van der Waals surface area (Å²) in [5.74, 6) is -0.0725. The van der Waals surface area contributed by atoms with Crippen LogP contribution < -0.4 is 5.32 Å². The van der Waals surface area contributed by atoms with E-state index in [1.807, 2.05) is 54.7 Å². The fourth-order valence-electron chi connectivity index (χ4n) is 3.91. The summed E-state index contributed by atoms with van der Waals surface area (Å²) in [7, 11) is 0. The molecule has 5 nitrogen and oxygen atoms in total. The molecule has 2 N–H and O–H groups in total. The number of phenolic OH excluding ortho intramolecular Hbond substituents is 1. The van der Waals surface area contributed by atoms with Gasteiger partial charge in [0.15, 0.2) is 0 Å². The number of nitrogens with one attached hydrogen (secondary N) is 1. The van der Waals surface area contributed by atoms with E-state index in [9.17, 15) is 9.90 Å². The molecule has 0 aliphatic carbocycles. The van der Waals surface area contributed by atoms with Gasteiger partial charge in [-0.3, -0.25) is 9.78 Å². The molecule has 33 heavy (non-hydrogen) atoms. The number of rotatable bonds is 5. The summed E-state index contributed by atoms with van der Waals surface area (Å²) in [5, 5.41) is 15.3. The summed E-state index contributed by atoms with van der Waals surface area (Å²) in [5.41, 5.74) is 4.58. The maximum absolute atomic E-state index is 12.3. The van der Waals surface area contributed by atoms with Crippen molar-refractivity contribution < 1.29 is 9.90 Å². The third kappa shape index (κ3) is 4.31. The van der Waals surface area contributed by atoms with E-state index in [0.717, 1.165) is 38.8 Å². The highest BCUT2D eigenvalue weighted by Crippen LogP contribution is 2.32. The number of carbonyl (C=O) groups excluding carboxylic acids is 1. The van der Waals surface area contributed by atoms with Gasteiger partial charge in [-0.25, -0.2) is 0 Å². The molecule has 0 saturated carbocycles. The molecule has 0 bridgehead atoms. The van der Waals surface area contributed by atoms with Crippen molar-refractivity contribution in [1.82, 2.24) is 14.9 Å². The minimum atomic E-state index is -0.233. The normalized spacial score (nSPS) is 11.4. The molecule has 0 aliphatic rings. The van der Waals surface area contributed by atoms with Gasteiger partial charge in [0.05, 0.1) is 29.5 Å². The Kier molecular flexibility index (Phi) is 5.55. The number of phenols is 1. The van der Waals surface area contributed by atoms with Crippen LogP contribution in [0, 0.1) is 0 Å². The predicted molar refractivity (Wildman–Crippen MR) is 133 cm³/mol. The number of aromatic hydroxyl groups is 1. The van der Waals surface area contributed by atoms with Gasteiger partial charge in [0, 0.05) is 27.6 Å². The quantitative estimate of drug-likeness (QED) is 0.327. The highest BCUT2D eigenvalue weighted by molar-refractivity contribution is 6.30. The third-order valence-corrected chi connectivity index (χ3v) is 5.69. The lowest BCUT2D eigenvalue weighted by Gasteiger charge is -2.08. The Hall–Kier alpha value is -4.09. The van der Waals surface area contributed by atoms with Crippen molar-refractivity contribution in [3.63, 3.8) is 0 Å². The minimum Gasteiger partial charge on any atom is -0.508 e. The number of amides is 1. The van der Waals surface area contributed by atoms with Crippen molar-refractivity contribution in [1.29, 1.82) is 0 Å². The maximum atomic E-state index is 12.3. The number of aromatic nitrogens is 2. The van der Waals surface area contributed by atoms with Gasteiger partial charge in [0.1, 0.15) is 5.75 Å². The Labute approximate surface area is 195 Å². The van der Waals surface area contributed by atoms with Crippen molar-refractivity contribution in [2.24, 2.45) is 0 Å². The lowest BCUT2D eigenvalue weighted by atomic mass is 10.1. The van der Waals surface area contributed by atoms with E-state index < -0.39 is 0 Å². The van der Waals surface area contributed by atoms with Crippen molar-refractivity contribution in [2.75, 3.05) is 0 Å². The molecule has 0 fully saturated rings. The van der Waals surface area contributed by atoms with Gasteiger partial charge < -0.3 is 15.0 Å². The SMILES string of the molecule is O=C(/C=C/c1cccc(O)c1)NCc1cc2c3ccccc3n(-c3ccc(Cl)cc3)c2cn1. The number of halogens is 1. The van der Waals surface area contributed by atoms with E-state index in [1.54, 1.807) is 24.3 Å². The van der Waals surface area contributed by atoms with Gasteiger partial charge in [-0.05, 0) is 60.2 Å². The average molecular weight is 454 g/mol. The summed E-state index contributed by atoms with van der Waals surface area (Å²) in [6.07, 6.45) is 4.94. The monoisotopic (exact) mass is 453 g/mol. The molecule has 3 aromatic carbocycles. The number of nitrogens with zero attached hydrogens (tertiary/aromatic N) is 2. The van der Waals surface area contributed by atoms with E-state index in [2.05, 4.69) is 27.0 Å². The molecule has 0 atom stereocenters. The molecule has 162 valence electrons. The standard InChI is InChI=1S/C27H20ClN3O2/c28-19-9-11-21(12-10-19)31-25-7-2-1-6-23(25)24-15-20(29-17-26(24)31)16-30-27(33)13-8-18-4-3-5-22(32)14-18/h1-15,17,32H,16H2,(H,30,33)/b13-8+. The van der Waals surface area contributed by atoms with Crippen LogP contribution in [-0.2, 0) is 11.3 Å². The molecule has 5 rings (SSSR count). The minimum absolute atomic E-state index is 0.160. The number of pyridine rings is 1. The highest BCUT2D eigenvalue weighted by Gasteiger charge is 2.13. The molecule has 0 aliphatic heterocycles. The van der Waals surface area contributed by atoms with Crippen LogP contribution in [-0.4, -0.2) is 20.6 Å². The molecule has 6 heteroatoms. The van der Waals surface area contributed by atoms with Crippen molar-refractivity contribution >= 4 is 45.4 Å². The zero-order chi connectivity index (χ0) is 22.8. The second kappa shape index (κ2) is 8.81. The largest absolute Gasteiger partial charge is 0.508 e. The first-order valence-corrected chi connectivity index (χ1v) is 10.9. The van der Waals surface area contributed by atoms with Crippen LogP contribution in [0.4, 0.5) is 0 Å². The molecule has 5 aromatic rings. The number of hydrogen-bond donors (Lipinski definition) is 2. The fraction of sp³-hybridized carbons (Fsp3) is 0.0370. The Balaban J connectivity index is 1.42. The highest BCUT2D eigenvalue weighted by atomic mass is 35.5. The van der Waals surface area contributed by atoms with Crippen molar-refractivity contribution in [3.05, 3.63) is 107 Å². The second-order valence-electron chi connectivity index (χ2n) is 7.67. The molecule has 0 radical (unpaired) electrons. The molecular formula is C27H20ClN3O2. The van der Waals surface area contributed by atoms with Gasteiger partial charge >= 0.3 is 0 Å². The third-order valence-electron chi connectivity index (χ3n) is 5.44. The van der Waals surface area contributed by atoms with Crippen molar-refractivity contribution in [3.8, 4) is 11.4 Å². The molecule has 0 saturated heterocycles. The van der Waals surface area contributed by atoms with Crippen molar-refractivity contribution in [2.45, 2.75) is 6.54 Å². The number of para-hydroxylation sites is 1. The summed E-state index contributed by atoms with van der Waals surface area (Å²) < 4.78 is 2.16. The van der Waals surface area contributed by atoms with Crippen LogP contribution >= 0.6 is 11.6 Å². The fourth-order valence-corrected chi connectivity index (χ4v) is 4.04. The second-order valence-corrected chi connectivity index (χ2v) is 8.10. The topological polar surface area (TPSA) is 67.2 Å². The van der Waals surface area contributed by atoms with Gasteiger partial charge in [0.2, 0.25) is 5.91 Å². The number of carbonyl (C=O) groups is 1. The maximum Gasteiger partial charge on any atom is 0.244 e. The smallest absolute Gasteiger partial charge is 0.244 e. The summed E-state index contributed by atoms with van der Waals surface area (Å²) in [6, 6.07) is 24.7. The first-order chi connectivity index (χ1) is 16.1.